The Kier molecular flexibility index (Phi) is 2.55. The molecule has 0 aromatic rings. The van der Waals surface area contributed by atoms with Crippen LogP contribution in [0.3, 0.4) is 0 Å². The molecule has 2 nitrogen and oxygen atoms in total. The van der Waals surface area contributed by atoms with Crippen molar-refractivity contribution >= 4 is 0 Å². The van der Waals surface area contributed by atoms with Gasteiger partial charge in [-0.05, 0) is 5.92 Å². The third-order valence-electron chi connectivity index (χ3n) is 2.18. The highest BCUT2D eigenvalue weighted by molar-refractivity contribution is 4.82. The third kappa shape index (κ3) is 1.94. The third-order valence-corrected chi connectivity index (χ3v) is 2.18. The zero-order chi connectivity index (χ0) is 8.48. The van der Waals surface area contributed by atoms with Gasteiger partial charge in [0, 0.05) is 5.41 Å². The Morgan fingerprint density at radius 3 is 2.36 bits per heavy atom. The largest absolute Gasteiger partial charge is 0.355 e. The molecule has 1 rings (SSSR count). The van der Waals surface area contributed by atoms with E-state index < -0.39 is 0 Å². The van der Waals surface area contributed by atoms with Crippen molar-refractivity contribution in [2.45, 2.75) is 33.8 Å². The molecular formula is C9H18O2. The van der Waals surface area contributed by atoms with Crippen LogP contribution < -0.4 is 0 Å². The van der Waals surface area contributed by atoms with Crippen molar-refractivity contribution in [2.75, 3.05) is 13.4 Å². The molecule has 66 valence electrons. The van der Waals surface area contributed by atoms with Crippen LogP contribution in [-0.2, 0) is 9.47 Å². The number of rotatable bonds is 1. The van der Waals surface area contributed by atoms with Crippen LogP contribution >= 0.6 is 0 Å². The summed E-state index contributed by atoms with van der Waals surface area (Å²) in [6, 6.07) is 0. The molecule has 0 radical (unpaired) electrons. The summed E-state index contributed by atoms with van der Waals surface area (Å²) in [6.45, 7) is 10.0. The fourth-order valence-corrected chi connectivity index (χ4v) is 1.83. The van der Waals surface area contributed by atoms with Crippen LogP contribution in [0.15, 0.2) is 0 Å². The molecule has 0 amide bonds. The lowest BCUT2D eigenvalue weighted by Crippen LogP contribution is -2.44. The molecule has 2 heteroatoms. The van der Waals surface area contributed by atoms with E-state index in [0.717, 1.165) is 6.61 Å². The number of hydrogen-bond acceptors (Lipinski definition) is 2. The second-order valence-electron chi connectivity index (χ2n) is 4.29. The Labute approximate surface area is 68.9 Å². The minimum atomic E-state index is 0.173. The average molecular weight is 158 g/mol. The first-order chi connectivity index (χ1) is 5.04. The zero-order valence-corrected chi connectivity index (χ0v) is 7.89. The van der Waals surface area contributed by atoms with E-state index in [-0.39, 0.29) is 5.41 Å². The quantitative estimate of drug-likeness (QED) is 0.581. The van der Waals surface area contributed by atoms with Gasteiger partial charge in [0.1, 0.15) is 6.79 Å². The molecule has 1 fully saturated rings. The van der Waals surface area contributed by atoms with Crippen LogP contribution in [-0.4, -0.2) is 19.5 Å². The molecule has 11 heavy (non-hydrogen) atoms. The normalized spacial score (nSPS) is 30.8. The fraction of sp³-hybridized carbons (Fsp3) is 1.00. The first-order valence-electron chi connectivity index (χ1n) is 4.23. The molecule has 1 heterocycles. The lowest BCUT2D eigenvalue weighted by molar-refractivity contribution is -0.211. The van der Waals surface area contributed by atoms with Gasteiger partial charge in [0.25, 0.3) is 0 Å². The highest BCUT2D eigenvalue weighted by Gasteiger charge is 2.35. The van der Waals surface area contributed by atoms with Crippen LogP contribution in [0.5, 0.6) is 0 Å². The van der Waals surface area contributed by atoms with E-state index in [2.05, 4.69) is 27.7 Å². The van der Waals surface area contributed by atoms with E-state index in [4.69, 9.17) is 9.47 Å². The molecular weight excluding hydrogens is 140 g/mol. The van der Waals surface area contributed by atoms with Gasteiger partial charge < -0.3 is 9.47 Å². The van der Waals surface area contributed by atoms with Gasteiger partial charge in [0.05, 0.1) is 12.7 Å². The van der Waals surface area contributed by atoms with Gasteiger partial charge in [0.15, 0.2) is 0 Å². The maximum atomic E-state index is 5.53. The van der Waals surface area contributed by atoms with E-state index in [1.165, 1.54) is 0 Å². The van der Waals surface area contributed by atoms with Crippen molar-refractivity contribution in [2.24, 2.45) is 11.3 Å². The van der Waals surface area contributed by atoms with Crippen molar-refractivity contribution < 1.29 is 9.47 Å². The Hall–Kier alpha value is -0.0800. The van der Waals surface area contributed by atoms with E-state index >= 15 is 0 Å². The molecule has 0 saturated carbocycles. The van der Waals surface area contributed by atoms with Crippen molar-refractivity contribution in [1.29, 1.82) is 0 Å². The molecule has 1 atom stereocenters. The second kappa shape index (κ2) is 3.11. The molecule has 0 spiro atoms. The van der Waals surface area contributed by atoms with Crippen LogP contribution in [0.4, 0.5) is 0 Å². The van der Waals surface area contributed by atoms with Crippen molar-refractivity contribution in [3.8, 4) is 0 Å². The summed E-state index contributed by atoms with van der Waals surface area (Å²) in [5, 5.41) is 0. The maximum Gasteiger partial charge on any atom is 0.147 e. The highest BCUT2D eigenvalue weighted by atomic mass is 16.7. The molecule has 1 unspecified atom stereocenters. The Bertz CT molecular complexity index is 130. The number of hydrogen-bond donors (Lipinski definition) is 0. The molecule has 0 N–H and O–H groups in total. The predicted octanol–water partition coefficient (Wildman–Crippen LogP) is 2.04. The fourth-order valence-electron chi connectivity index (χ4n) is 1.83. The van der Waals surface area contributed by atoms with Crippen molar-refractivity contribution in [3.05, 3.63) is 0 Å². The zero-order valence-electron chi connectivity index (χ0n) is 7.89. The van der Waals surface area contributed by atoms with E-state index in [1.54, 1.807) is 0 Å². The molecule has 0 aromatic heterocycles. The summed E-state index contributed by atoms with van der Waals surface area (Å²) >= 11 is 0. The first-order valence-corrected chi connectivity index (χ1v) is 4.23. The van der Waals surface area contributed by atoms with Gasteiger partial charge in [-0.2, -0.15) is 0 Å². The van der Waals surface area contributed by atoms with Crippen LogP contribution in [0.25, 0.3) is 0 Å². The molecule has 0 bridgehead atoms. The lowest BCUT2D eigenvalue weighted by Gasteiger charge is -2.40. The summed E-state index contributed by atoms with van der Waals surface area (Å²) in [5.41, 5.74) is 0.173. The van der Waals surface area contributed by atoms with Gasteiger partial charge in [-0.3, -0.25) is 0 Å². The standard InChI is InChI=1S/C9H18O2/c1-7(2)8-9(3,4)5-10-6-11-8/h7-8H,5-6H2,1-4H3. The SMILES string of the molecule is CC(C)C1OCOCC1(C)C. The van der Waals surface area contributed by atoms with Crippen LogP contribution in [0.2, 0.25) is 0 Å². The van der Waals surface area contributed by atoms with Gasteiger partial charge in [-0.15, -0.1) is 0 Å². The van der Waals surface area contributed by atoms with Crippen LogP contribution in [0, 0.1) is 11.3 Å². The molecule has 1 aliphatic rings. The molecule has 1 saturated heterocycles. The monoisotopic (exact) mass is 158 g/mol. The van der Waals surface area contributed by atoms with Gasteiger partial charge in [0.2, 0.25) is 0 Å². The van der Waals surface area contributed by atoms with E-state index in [9.17, 15) is 0 Å². The van der Waals surface area contributed by atoms with Gasteiger partial charge in [-0.1, -0.05) is 27.7 Å². The van der Waals surface area contributed by atoms with Gasteiger partial charge >= 0.3 is 0 Å². The smallest absolute Gasteiger partial charge is 0.147 e. The van der Waals surface area contributed by atoms with Crippen molar-refractivity contribution in [1.82, 2.24) is 0 Å². The second-order valence-corrected chi connectivity index (χ2v) is 4.29. The average Bonchev–Trinajstić information content (AvgIpc) is 1.85. The summed E-state index contributed by atoms with van der Waals surface area (Å²) < 4.78 is 10.8. The van der Waals surface area contributed by atoms with Gasteiger partial charge in [-0.25, -0.2) is 0 Å². The summed E-state index contributed by atoms with van der Waals surface area (Å²) in [6.07, 6.45) is 0.344. The predicted molar refractivity (Wildman–Crippen MR) is 44.3 cm³/mol. The minimum absolute atomic E-state index is 0.173. The lowest BCUT2D eigenvalue weighted by atomic mass is 9.81. The molecule has 0 aliphatic carbocycles. The van der Waals surface area contributed by atoms with Crippen LogP contribution in [0.1, 0.15) is 27.7 Å². The Morgan fingerprint density at radius 2 is 2.00 bits per heavy atom. The topological polar surface area (TPSA) is 18.5 Å². The number of ether oxygens (including phenoxy) is 2. The summed E-state index contributed by atoms with van der Waals surface area (Å²) in [7, 11) is 0. The van der Waals surface area contributed by atoms with E-state index in [1.807, 2.05) is 0 Å². The summed E-state index contributed by atoms with van der Waals surface area (Å²) in [5.74, 6) is 0.578. The highest BCUT2D eigenvalue weighted by Crippen LogP contribution is 2.31. The Morgan fingerprint density at radius 1 is 1.36 bits per heavy atom. The maximum absolute atomic E-state index is 5.53. The van der Waals surface area contributed by atoms with E-state index in [0.29, 0.717) is 18.8 Å². The Balaban J connectivity index is 2.60. The first kappa shape index (κ1) is 9.01. The molecule has 1 aliphatic heterocycles. The minimum Gasteiger partial charge on any atom is -0.355 e. The molecule has 0 aromatic carbocycles. The summed E-state index contributed by atoms with van der Waals surface area (Å²) in [4.78, 5) is 0. The van der Waals surface area contributed by atoms with Crippen molar-refractivity contribution in [3.63, 3.8) is 0 Å².